The minimum atomic E-state index is 1.07. The van der Waals surface area contributed by atoms with Crippen LogP contribution in [0, 0.1) is 0 Å². The molecule has 206 valence electrons. The summed E-state index contributed by atoms with van der Waals surface area (Å²) in [6.45, 7) is 0. The Bertz CT molecular complexity index is 2460. The quantitative estimate of drug-likeness (QED) is 0.184. The van der Waals surface area contributed by atoms with E-state index in [9.17, 15) is 0 Å². The predicted molar refractivity (Wildman–Crippen MR) is 192 cm³/mol. The number of fused-ring (bicyclic) bond motifs is 8. The lowest BCUT2D eigenvalue weighted by atomic mass is 9.90. The molecule has 0 saturated carbocycles. The second-order valence-corrected chi connectivity index (χ2v) is 13.1. The van der Waals surface area contributed by atoms with Gasteiger partial charge in [-0.15, -0.1) is 22.7 Å². The van der Waals surface area contributed by atoms with Crippen molar-refractivity contribution < 1.29 is 0 Å². The first-order valence-electron chi connectivity index (χ1n) is 14.8. The fourth-order valence-corrected chi connectivity index (χ4v) is 9.19. The Labute approximate surface area is 263 Å². The molecule has 9 rings (SSSR count). The molecule has 0 amide bonds. The van der Waals surface area contributed by atoms with E-state index in [1.165, 1.54) is 79.5 Å². The van der Waals surface area contributed by atoms with Crippen LogP contribution >= 0.6 is 22.7 Å². The third-order valence-corrected chi connectivity index (χ3v) is 11.1. The van der Waals surface area contributed by atoms with Crippen molar-refractivity contribution >= 4 is 65.9 Å². The van der Waals surface area contributed by atoms with Gasteiger partial charge in [-0.05, 0) is 33.0 Å². The summed E-state index contributed by atoms with van der Waals surface area (Å²) in [6, 6.07) is 52.2. The van der Waals surface area contributed by atoms with Gasteiger partial charge in [-0.3, -0.25) is 4.98 Å². The molecule has 0 spiro atoms. The van der Waals surface area contributed by atoms with Crippen LogP contribution in [0.4, 0.5) is 0 Å². The molecule has 1 nitrogen and oxygen atoms in total. The number of aromatic nitrogens is 1. The first-order chi connectivity index (χ1) is 21.9. The summed E-state index contributed by atoms with van der Waals surface area (Å²) >= 11 is 3.76. The summed E-state index contributed by atoms with van der Waals surface area (Å²) in [5.74, 6) is 0. The maximum Gasteiger partial charge on any atom is 0.0901 e. The summed E-state index contributed by atoms with van der Waals surface area (Å²) in [7, 11) is 0. The summed E-state index contributed by atoms with van der Waals surface area (Å²) < 4.78 is 0. The van der Waals surface area contributed by atoms with Crippen molar-refractivity contribution in [1.82, 2.24) is 4.98 Å². The van der Waals surface area contributed by atoms with E-state index in [0.717, 1.165) is 5.52 Å². The van der Waals surface area contributed by atoms with Crippen molar-refractivity contribution in [2.45, 2.75) is 0 Å². The maximum absolute atomic E-state index is 5.27. The van der Waals surface area contributed by atoms with Crippen molar-refractivity contribution in [3.05, 3.63) is 152 Å². The zero-order valence-electron chi connectivity index (χ0n) is 23.7. The number of benzene rings is 6. The monoisotopic (exact) mass is 595 g/mol. The van der Waals surface area contributed by atoms with E-state index in [-0.39, 0.29) is 0 Å². The van der Waals surface area contributed by atoms with E-state index in [2.05, 4.69) is 152 Å². The van der Waals surface area contributed by atoms with Gasteiger partial charge >= 0.3 is 0 Å². The van der Waals surface area contributed by atoms with Gasteiger partial charge in [-0.2, -0.15) is 0 Å². The molecule has 0 bridgehead atoms. The van der Waals surface area contributed by atoms with Crippen LogP contribution in [0.5, 0.6) is 0 Å². The highest BCUT2D eigenvalue weighted by molar-refractivity contribution is 7.22. The predicted octanol–water partition coefficient (Wildman–Crippen LogP) is 12.5. The SMILES string of the molecule is c1ccc(-c2sc(-c3ccccc3)c3c2ncc2c4ccccc4c4c(-c5ccccc5)sc(-c5ccccc5)c4c23)cc1. The van der Waals surface area contributed by atoms with Crippen LogP contribution in [-0.4, -0.2) is 4.98 Å². The summed E-state index contributed by atoms with van der Waals surface area (Å²) in [5.41, 5.74) is 5.98. The molecule has 0 N–H and O–H groups in total. The van der Waals surface area contributed by atoms with Crippen LogP contribution in [0.15, 0.2) is 152 Å². The Morgan fingerprint density at radius 2 is 0.727 bits per heavy atom. The lowest BCUT2D eigenvalue weighted by molar-refractivity contribution is 1.46. The summed E-state index contributed by atoms with van der Waals surface area (Å²) in [5, 5.41) is 8.88. The van der Waals surface area contributed by atoms with Gasteiger partial charge in [-0.25, -0.2) is 0 Å². The Balaban J connectivity index is 1.57. The zero-order chi connectivity index (χ0) is 29.0. The van der Waals surface area contributed by atoms with Crippen molar-refractivity contribution in [1.29, 1.82) is 0 Å². The van der Waals surface area contributed by atoms with Crippen molar-refractivity contribution in [3.63, 3.8) is 0 Å². The van der Waals surface area contributed by atoms with E-state index >= 15 is 0 Å². The first kappa shape index (κ1) is 25.4. The Kier molecular flexibility index (Phi) is 5.93. The third kappa shape index (κ3) is 3.87. The average Bonchev–Trinajstić information content (AvgIpc) is 3.70. The molecule has 0 saturated heterocycles. The van der Waals surface area contributed by atoms with Crippen LogP contribution < -0.4 is 0 Å². The van der Waals surface area contributed by atoms with Gasteiger partial charge in [0.15, 0.2) is 0 Å². The average molecular weight is 596 g/mol. The lowest BCUT2D eigenvalue weighted by Gasteiger charge is -2.12. The number of hydrogen-bond donors (Lipinski definition) is 0. The van der Waals surface area contributed by atoms with Crippen LogP contribution in [0.25, 0.3) is 85.0 Å². The molecule has 3 heterocycles. The standard InChI is InChI=1S/C41H25NS2/c1-5-15-26(16-6-1)38-34-31-24-14-13-23-30(31)32-25-42-37-36(33(32)35(34)39(43-38)27-17-7-2-8-18-27)40(28-19-9-3-10-20-28)44-41(37)29-21-11-4-12-22-29/h1-25H. The van der Waals surface area contributed by atoms with E-state index in [1.807, 2.05) is 22.7 Å². The van der Waals surface area contributed by atoms with E-state index in [0.29, 0.717) is 0 Å². The topological polar surface area (TPSA) is 12.9 Å². The molecule has 44 heavy (non-hydrogen) atoms. The molecular weight excluding hydrogens is 571 g/mol. The number of pyridine rings is 1. The molecule has 0 aliphatic heterocycles. The third-order valence-electron chi connectivity index (χ3n) is 8.51. The van der Waals surface area contributed by atoms with Gasteiger partial charge in [0, 0.05) is 47.8 Å². The minimum Gasteiger partial charge on any atom is -0.254 e. The number of hydrogen-bond acceptors (Lipinski definition) is 3. The van der Waals surface area contributed by atoms with Gasteiger partial charge in [0.2, 0.25) is 0 Å². The van der Waals surface area contributed by atoms with Gasteiger partial charge in [0.05, 0.1) is 10.4 Å². The van der Waals surface area contributed by atoms with E-state index in [1.54, 1.807) is 0 Å². The Morgan fingerprint density at radius 3 is 1.27 bits per heavy atom. The molecule has 9 aromatic rings. The van der Waals surface area contributed by atoms with Crippen LogP contribution in [-0.2, 0) is 0 Å². The van der Waals surface area contributed by atoms with E-state index in [4.69, 9.17) is 4.98 Å². The summed E-state index contributed by atoms with van der Waals surface area (Å²) in [4.78, 5) is 10.4. The number of thiophene rings is 2. The molecular formula is C41H25NS2. The molecule has 0 radical (unpaired) electrons. The van der Waals surface area contributed by atoms with Crippen molar-refractivity contribution in [2.75, 3.05) is 0 Å². The van der Waals surface area contributed by atoms with Crippen molar-refractivity contribution in [3.8, 4) is 41.8 Å². The fraction of sp³-hybridized carbons (Fsp3) is 0. The Morgan fingerprint density at radius 1 is 0.318 bits per heavy atom. The highest BCUT2D eigenvalue weighted by atomic mass is 32.1. The summed E-state index contributed by atoms with van der Waals surface area (Å²) in [6.07, 6.45) is 2.13. The largest absolute Gasteiger partial charge is 0.254 e. The van der Waals surface area contributed by atoms with Crippen LogP contribution in [0.1, 0.15) is 0 Å². The fourth-order valence-electron chi connectivity index (χ4n) is 6.60. The lowest BCUT2D eigenvalue weighted by Crippen LogP contribution is -1.88. The van der Waals surface area contributed by atoms with Gasteiger partial charge < -0.3 is 0 Å². The van der Waals surface area contributed by atoms with Crippen LogP contribution in [0.2, 0.25) is 0 Å². The highest BCUT2D eigenvalue weighted by Gasteiger charge is 2.25. The normalized spacial score (nSPS) is 11.6. The smallest absolute Gasteiger partial charge is 0.0901 e. The van der Waals surface area contributed by atoms with Gasteiger partial charge in [0.25, 0.3) is 0 Å². The highest BCUT2D eigenvalue weighted by Crippen LogP contribution is 2.54. The molecule has 0 aliphatic carbocycles. The molecule has 0 aliphatic rings. The minimum absolute atomic E-state index is 1.07. The second kappa shape index (κ2) is 10.3. The number of nitrogens with zero attached hydrogens (tertiary/aromatic N) is 1. The molecule has 6 aromatic carbocycles. The molecule has 0 atom stereocenters. The second-order valence-electron chi connectivity index (χ2n) is 11.1. The molecule has 3 aromatic heterocycles. The maximum atomic E-state index is 5.27. The van der Waals surface area contributed by atoms with Crippen molar-refractivity contribution in [2.24, 2.45) is 0 Å². The van der Waals surface area contributed by atoms with Gasteiger partial charge in [-0.1, -0.05) is 146 Å². The first-order valence-corrected chi connectivity index (χ1v) is 16.4. The van der Waals surface area contributed by atoms with E-state index < -0.39 is 0 Å². The number of rotatable bonds is 4. The molecule has 0 fully saturated rings. The Hall–Kier alpha value is -5.09. The zero-order valence-corrected chi connectivity index (χ0v) is 25.3. The molecule has 3 heteroatoms. The molecule has 0 unspecified atom stereocenters. The van der Waals surface area contributed by atoms with Crippen LogP contribution in [0.3, 0.4) is 0 Å². The van der Waals surface area contributed by atoms with Gasteiger partial charge in [0.1, 0.15) is 0 Å².